The Morgan fingerprint density at radius 3 is 2.78 bits per heavy atom. The van der Waals surface area contributed by atoms with Crippen LogP contribution >= 0.6 is 0 Å². The predicted octanol–water partition coefficient (Wildman–Crippen LogP) is 3.24. The molecule has 0 aliphatic heterocycles. The van der Waals surface area contributed by atoms with Gasteiger partial charge in [-0.25, -0.2) is 9.98 Å². The molecule has 1 N–H and O–H groups in total. The summed E-state index contributed by atoms with van der Waals surface area (Å²) in [5.41, 5.74) is 1.02. The summed E-state index contributed by atoms with van der Waals surface area (Å²) < 4.78 is 0. The maximum Gasteiger partial charge on any atom is 0.129 e. The summed E-state index contributed by atoms with van der Waals surface area (Å²) in [6, 6.07) is 9.82. The van der Waals surface area contributed by atoms with Crippen LogP contribution in [-0.2, 0) is 0 Å². The van der Waals surface area contributed by atoms with Gasteiger partial charge in [-0.3, -0.25) is 5.41 Å². The van der Waals surface area contributed by atoms with Crippen LogP contribution in [0.25, 0.3) is 0 Å². The van der Waals surface area contributed by atoms with Crippen molar-refractivity contribution in [3.63, 3.8) is 0 Å². The second-order valence-corrected chi connectivity index (χ2v) is 3.97. The minimum absolute atomic E-state index is 0.0816. The van der Waals surface area contributed by atoms with Gasteiger partial charge in [-0.2, -0.15) is 0 Å². The van der Waals surface area contributed by atoms with E-state index in [-0.39, 0.29) is 5.92 Å². The summed E-state index contributed by atoms with van der Waals surface area (Å²) >= 11 is 0. The van der Waals surface area contributed by atoms with Gasteiger partial charge in [0.25, 0.3) is 0 Å². The molecule has 0 saturated heterocycles. The molecule has 1 atom stereocenters. The quantitative estimate of drug-likeness (QED) is 0.619. The third-order valence-corrected chi connectivity index (χ3v) is 2.62. The van der Waals surface area contributed by atoms with Crippen molar-refractivity contribution in [1.29, 1.82) is 5.41 Å². The second kappa shape index (κ2) is 6.45. The summed E-state index contributed by atoms with van der Waals surface area (Å²) in [6.45, 7) is 0. The molecule has 3 nitrogen and oxygen atoms in total. The highest BCUT2D eigenvalue weighted by Gasteiger charge is 2.09. The first-order valence-electron chi connectivity index (χ1n) is 5.89. The smallest absolute Gasteiger partial charge is 0.129 e. The lowest BCUT2D eigenvalue weighted by Crippen LogP contribution is -2.09. The fourth-order valence-electron chi connectivity index (χ4n) is 1.63. The number of hydrogen-bond donors (Lipinski definition) is 1. The maximum absolute atomic E-state index is 7.81. The van der Waals surface area contributed by atoms with E-state index in [0.717, 1.165) is 12.0 Å². The van der Waals surface area contributed by atoms with Crippen molar-refractivity contribution in [3.05, 3.63) is 60.2 Å². The van der Waals surface area contributed by atoms with Gasteiger partial charge in [-0.05, 0) is 12.0 Å². The van der Waals surface area contributed by atoms with Crippen LogP contribution in [0.4, 0.5) is 0 Å². The Morgan fingerprint density at radius 1 is 1.22 bits per heavy atom. The van der Waals surface area contributed by atoms with Gasteiger partial charge in [-0.1, -0.05) is 54.6 Å². The van der Waals surface area contributed by atoms with Crippen LogP contribution < -0.4 is 0 Å². The average molecular weight is 237 g/mol. The van der Waals surface area contributed by atoms with E-state index in [4.69, 9.17) is 5.41 Å². The van der Waals surface area contributed by atoms with Crippen molar-refractivity contribution in [2.24, 2.45) is 15.9 Å². The molecular formula is C15H15N3. The van der Waals surface area contributed by atoms with E-state index in [1.54, 1.807) is 6.21 Å². The molecule has 0 saturated carbocycles. The molecule has 0 aromatic heterocycles. The number of nitrogens with zero attached hydrogens (tertiary/aromatic N) is 2. The molecular weight excluding hydrogens is 222 g/mol. The Balaban J connectivity index is 1.88. The molecule has 1 aromatic rings. The number of rotatable bonds is 3. The third-order valence-electron chi connectivity index (χ3n) is 2.62. The van der Waals surface area contributed by atoms with Gasteiger partial charge in [0.2, 0.25) is 0 Å². The second-order valence-electron chi connectivity index (χ2n) is 3.97. The summed E-state index contributed by atoms with van der Waals surface area (Å²) in [6.07, 6.45) is 12.0. The number of nitrogens with one attached hydrogen (secondary N) is 1. The molecule has 1 aliphatic carbocycles. The Labute approximate surface area is 107 Å². The summed E-state index contributed by atoms with van der Waals surface area (Å²) in [4.78, 5) is 8.11. The van der Waals surface area contributed by atoms with Crippen LogP contribution in [0.15, 0.2) is 64.6 Å². The van der Waals surface area contributed by atoms with Crippen LogP contribution in [0.5, 0.6) is 0 Å². The molecule has 0 amide bonds. The Hall–Kier alpha value is -2.29. The first kappa shape index (κ1) is 12.2. The van der Waals surface area contributed by atoms with Crippen molar-refractivity contribution >= 4 is 18.4 Å². The molecule has 0 heterocycles. The van der Waals surface area contributed by atoms with Crippen LogP contribution in [0.3, 0.4) is 0 Å². The van der Waals surface area contributed by atoms with Gasteiger partial charge in [0, 0.05) is 12.1 Å². The Morgan fingerprint density at radius 2 is 2.06 bits per heavy atom. The van der Waals surface area contributed by atoms with Crippen molar-refractivity contribution in [3.8, 4) is 0 Å². The zero-order valence-electron chi connectivity index (χ0n) is 10.0. The molecule has 2 rings (SSSR count). The maximum atomic E-state index is 7.81. The predicted molar refractivity (Wildman–Crippen MR) is 76.6 cm³/mol. The fraction of sp³-hybridized carbons (Fsp3) is 0.133. The zero-order valence-corrected chi connectivity index (χ0v) is 10.0. The average Bonchev–Trinajstić information content (AvgIpc) is 2.45. The highest BCUT2D eigenvalue weighted by Crippen LogP contribution is 2.12. The van der Waals surface area contributed by atoms with Gasteiger partial charge in [-0.15, -0.1) is 0 Å². The van der Waals surface area contributed by atoms with E-state index in [0.29, 0.717) is 5.84 Å². The SMILES string of the molecule is N=C(N=CN=Cc1ccccc1)C1C=CC=CC1. The lowest BCUT2D eigenvalue weighted by atomic mass is 10.0. The van der Waals surface area contributed by atoms with E-state index in [1.165, 1.54) is 6.34 Å². The summed E-state index contributed by atoms with van der Waals surface area (Å²) in [5, 5.41) is 7.81. The minimum atomic E-state index is 0.0816. The molecule has 0 radical (unpaired) electrons. The fourth-order valence-corrected chi connectivity index (χ4v) is 1.63. The highest BCUT2D eigenvalue weighted by atomic mass is 14.9. The third kappa shape index (κ3) is 3.63. The molecule has 1 aromatic carbocycles. The topological polar surface area (TPSA) is 48.6 Å². The molecule has 3 heteroatoms. The molecule has 0 spiro atoms. The normalized spacial score (nSPS) is 18.8. The van der Waals surface area contributed by atoms with E-state index in [9.17, 15) is 0 Å². The molecule has 1 unspecified atom stereocenters. The van der Waals surface area contributed by atoms with Gasteiger partial charge in [0.1, 0.15) is 12.2 Å². The Bertz CT molecular complexity index is 510. The van der Waals surface area contributed by atoms with Crippen molar-refractivity contribution in [2.75, 3.05) is 0 Å². The van der Waals surface area contributed by atoms with E-state index < -0.39 is 0 Å². The van der Waals surface area contributed by atoms with Crippen molar-refractivity contribution in [1.82, 2.24) is 0 Å². The molecule has 0 bridgehead atoms. The largest absolute Gasteiger partial charge is 0.286 e. The summed E-state index contributed by atoms with van der Waals surface area (Å²) in [5.74, 6) is 0.430. The number of amidine groups is 1. The van der Waals surface area contributed by atoms with Crippen LogP contribution in [0.2, 0.25) is 0 Å². The Kier molecular flexibility index (Phi) is 4.36. The first-order valence-corrected chi connectivity index (χ1v) is 5.89. The van der Waals surface area contributed by atoms with Crippen LogP contribution in [-0.4, -0.2) is 18.4 Å². The number of hydrogen-bond acceptors (Lipinski definition) is 1. The standard InChI is InChI=1S/C15H15N3/c16-15(14-9-5-2-6-10-14)18-12-17-11-13-7-3-1-4-8-13/h1-9,11-12,14,16H,10H2. The highest BCUT2D eigenvalue weighted by molar-refractivity contribution is 5.93. The van der Waals surface area contributed by atoms with Gasteiger partial charge < -0.3 is 0 Å². The number of aliphatic imine (C=N–C) groups is 2. The minimum Gasteiger partial charge on any atom is -0.286 e. The van der Waals surface area contributed by atoms with Crippen LogP contribution in [0.1, 0.15) is 12.0 Å². The van der Waals surface area contributed by atoms with E-state index in [1.807, 2.05) is 54.6 Å². The first-order chi connectivity index (χ1) is 8.86. The lowest BCUT2D eigenvalue weighted by Gasteiger charge is -2.09. The molecule has 1 aliphatic rings. The van der Waals surface area contributed by atoms with E-state index >= 15 is 0 Å². The molecule has 0 fully saturated rings. The zero-order chi connectivity index (χ0) is 12.6. The molecule has 18 heavy (non-hydrogen) atoms. The monoisotopic (exact) mass is 237 g/mol. The van der Waals surface area contributed by atoms with Crippen molar-refractivity contribution in [2.45, 2.75) is 6.42 Å². The van der Waals surface area contributed by atoms with Gasteiger partial charge in [0.05, 0.1) is 0 Å². The summed E-state index contributed by atoms with van der Waals surface area (Å²) in [7, 11) is 0. The number of allylic oxidation sites excluding steroid dienone is 3. The van der Waals surface area contributed by atoms with Gasteiger partial charge in [0.15, 0.2) is 0 Å². The van der Waals surface area contributed by atoms with Crippen molar-refractivity contribution < 1.29 is 0 Å². The molecule has 90 valence electrons. The number of benzene rings is 1. The van der Waals surface area contributed by atoms with E-state index in [2.05, 4.69) is 9.98 Å². The van der Waals surface area contributed by atoms with Crippen LogP contribution in [0, 0.1) is 11.3 Å². The lowest BCUT2D eigenvalue weighted by molar-refractivity contribution is 0.852. The van der Waals surface area contributed by atoms with Gasteiger partial charge >= 0.3 is 0 Å².